The van der Waals surface area contributed by atoms with Gasteiger partial charge in [0, 0.05) is 11.2 Å². The van der Waals surface area contributed by atoms with Crippen LogP contribution in [0.1, 0.15) is 11.5 Å². The van der Waals surface area contributed by atoms with Gasteiger partial charge in [-0.3, -0.25) is 4.99 Å². The maximum absolute atomic E-state index is 9.25. The minimum Gasteiger partial charge on any atom is -0.494 e. The van der Waals surface area contributed by atoms with Crippen molar-refractivity contribution in [1.82, 2.24) is 0 Å². The van der Waals surface area contributed by atoms with Gasteiger partial charge >= 0.3 is 0 Å². The molecule has 0 amide bonds. The first kappa shape index (κ1) is 14.1. The number of para-hydroxylation sites is 2. The van der Waals surface area contributed by atoms with Crippen molar-refractivity contribution in [3.63, 3.8) is 0 Å². The standard InChI is InChI=1S/C16H13ClN2O/c1-20-16-5-3-2-4-15(16)19-11-13(10-18)12-6-8-14(17)9-7-12/h2-9,11,13H,1H3. The van der Waals surface area contributed by atoms with Crippen molar-refractivity contribution >= 4 is 23.5 Å². The van der Waals surface area contributed by atoms with Gasteiger partial charge in [0.05, 0.1) is 13.2 Å². The number of hydrogen-bond donors (Lipinski definition) is 0. The largest absolute Gasteiger partial charge is 0.494 e. The summed E-state index contributed by atoms with van der Waals surface area (Å²) in [7, 11) is 1.59. The van der Waals surface area contributed by atoms with Crippen LogP contribution in [0.3, 0.4) is 0 Å². The number of nitrogens with zero attached hydrogens (tertiary/aromatic N) is 2. The number of benzene rings is 2. The summed E-state index contributed by atoms with van der Waals surface area (Å²) in [4.78, 5) is 4.34. The molecule has 0 saturated carbocycles. The second kappa shape index (κ2) is 6.74. The van der Waals surface area contributed by atoms with Gasteiger partial charge in [0.15, 0.2) is 0 Å². The Kier molecular flexibility index (Phi) is 4.75. The Morgan fingerprint density at radius 3 is 2.55 bits per heavy atom. The van der Waals surface area contributed by atoms with Crippen molar-refractivity contribution in [2.45, 2.75) is 5.92 Å². The Hall–Kier alpha value is -2.31. The lowest BCUT2D eigenvalue weighted by Crippen LogP contribution is -1.96. The van der Waals surface area contributed by atoms with Crippen LogP contribution in [0, 0.1) is 11.3 Å². The summed E-state index contributed by atoms with van der Waals surface area (Å²) in [5, 5.41) is 9.89. The molecule has 2 rings (SSSR count). The molecule has 20 heavy (non-hydrogen) atoms. The predicted octanol–water partition coefficient (Wildman–Crippen LogP) is 4.36. The average Bonchev–Trinajstić information content (AvgIpc) is 2.50. The summed E-state index contributed by atoms with van der Waals surface area (Å²) in [6, 6.07) is 16.8. The summed E-state index contributed by atoms with van der Waals surface area (Å²) < 4.78 is 5.22. The highest BCUT2D eigenvalue weighted by molar-refractivity contribution is 6.30. The average molecular weight is 285 g/mol. The molecule has 1 atom stereocenters. The lowest BCUT2D eigenvalue weighted by Gasteiger charge is -2.05. The van der Waals surface area contributed by atoms with Crippen LogP contribution in [-0.2, 0) is 0 Å². The van der Waals surface area contributed by atoms with E-state index in [1.165, 1.54) is 0 Å². The van der Waals surface area contributed by atoms with E-state index in [4.69, 9.17) is 16.3 Å². The van der Waals surface area contributed by atoms with E-state index in [1.807, 2.05) is 36.4 Å². The van der Waals surface area contributed by atoms with E-state index in [9.17, 15) is 5.26 Å². The zero-order valence-electron chi connectivity index (χ0n) is 11.0. The number of hydrogen-bond acceptors (Lipinski definition) is 3. The third-order valence-corrected chi connectivity index (χ3v) is 3.07. The van der Waals surface area contributed by atoms with Crippen LogP contribution >= 0.6 is 11.6 Å². The SMILES string of the molecule is COc1ccccc1N=CC(C#N)c1ccc(Cl)cc1. The van der Waals surface area contributed by atoms with Gasteiger partial charge in [0.2, 0.25) is 0 Å². The van der Waals surface area contributed by atoms with Gasteiger partial charge < -0.3 is 4.74 Å². The van der Waals surface area contributed by atoms with E-state index in [1.54, 1.807) is 25.5 Å². The van der Waals surface area contributed by atoms with Crippen molar-refractivity contribution in [3.05, 3.63) is 59.1 Å². The molecule has 0 aromatic heterocycles. The molecule has 2 aromatic rings. The fourth-order valence-electron chi connectivity index (χ4n) is 1.76. The number of halogens is 1. The maximum atomic E-state index is 9.25. The van der Waals surface area contributed by atoms with E-state index < -0.39 is 5.92 Å². The van der Waals surface area contributed by atoms with Crippen molar-refractivity contribution in [2.24, 2.45) is 4.99 Å². The van der Waals surface area contributed by atoms with Gasteiger partial charge in [-0.05, 0) is 29.8 Å². The molecule has 0 aliphatic carbocycles. The highest BCUT2D eigenvalue weighted by atomic mass is 35.5. The summed E-state index contributed by atoms with van der Waals surface area (Å²) in [6.07, 6.45) is 1.61. The Morgan fingerprint density at radius 1 is 1.20 bits per heavy atom. The molecule has 3 nitrogen and oxygen atoms in total. The van der Waals surface area contributed by atoms with E-state index in [2.05, 4.69) is 11.1 Å². The van der Waals surface area contributed by atoms with Crippen LogP contribution in [0.15, 0.2) is 53.5 Å². The summed E-state index contributed by atoms with van der Waals surface area (Å²) in [5.41, 5.74) is 1.56. The number of methoxy groups -OCH3 is 1. The maximum Gasteiger partial charge on any atom is 0.144 e. The van der Waals surface area contributed by atoms with Crippen molar-refractivity contribution < 1.29 is 4.74 Å². The highest BCUT2D eigenvalue weighted by Crippen LogP contribution is 2.27. The lowest BCUT2D eigenvalue weighted by atomic mass is 10.0. The van der Waals surface area contributed by atoms with Crippen molar-refractivity contribution in [3.8, 4) is 11.8 Å². The van der Waals surface area contributed by atoms with Gasteiger partial charge in [0.1, 0.15) is 17.4 Å². The molecule has 0 spiro atoms. The van der Waals surface area contributed by atoms with Crippen LogP contribution in [0.4, 0.5) is 5.69 Å². The number of nitriles is 1. The first-order chi connectivity index (χ1) is 9.74. The Balaban J connectivity index is 2.24. The van der Waals surface area contributed by atoms with Gasteiger partial charge in [-0.1, -0.05) is 35.9 Å². The summed E-state index contributed by atoms with van der Waals surface area (Å²) in [6.45, 7) is 0. The summed E-state index contributed by atoms with van der Waals surface area (Å²) >= 11 is 5.84. The van der Waals surface area contributed by atoms with Gasteiger partial charge in [-0.2, -0.15) is 5.26 Å². The minimum absolute atomic E-state index is 0.419. The first-order valence-electron chi connectivity index (χ1n) is 6.07. The molecule has 0 fully saturated rings. The van der Waals surface area contributed by atoms with Gasteiger partial charge in [-0.25, -0.2) is 0 Å². The Morgan fingerprint density at radius 2 is 1.90 bits per heavy atom. The smallest absolute Gasteiger partial charge is 0.144 e. The van der Waals surface area contributed by atoms with E-state index in [0.717, 1.165) is 5.56 Å². The molecule has 0 heterocycles. The molecular weight excluding hydrogens is 272 g/mol. The quantitative estimate of drug-likeness (QED) is 0.783. The zero-order chi connectivity index (χ0) is 14.4. The molecule has 4 heteroatoms. The number of ether oxygens (including phenoxy) is 1. The van der Waals surface area contributed by atoms with Crippen LogP contribution in [0.2, 0.25) is 5.02 Å². The van der Waals surface area contributed by atoms with Crippen molar-refractivity contribution in [1.29, 1.82) is 5.26 Å². The lowest BCUT2D eigenvalue weighted by molar-refractivity contribution is 0.416. The van der Waals surface area contributed by atoms with Crippen LogP contribution in [-0.4, -0.2) is 13.3 Å². The van der Waals surface area contributed by atoms with Gasteiger partial charge in [0.25, 0.3) is 0 Å². The van der Waals surface area contributed by atoms with E-state index in [-0.39, 0.29) is 0 Å². The van der Waals surface area contributed by atoms with Crippen LogP contribution < -0.4 is 4.74 Å². The minimum atomic E-state index is -0.419. The van der Waals surface area contributed by atoms with E-state index in [0.29, 0.717) is 16.5 Å². The zero-order valence-corrected chi connectivity index (χ0v) is 11.7. The Bertz CT molecular complexity index is 644. The van der Waals surface area contributed by atoms with Crippen molar-refractivity contribution in [2.75, 3.05) is 7.11 Å². The van der Waals surface area contributed by atoms with Crippen LogP contribution in [0.5, 0.6) is 5.75 Å². The molecule has 0 aliphatic heterocycles. The molecular formula is C16H13ClN2O. The topological polar surface area (TPSA) is 45.4 Å². The number of rotatable bonds is 4. The van der Waals surface area contributed by atoms with Gasteiger partial charge in [-0.15, -0.1) is 0 Å². The molecule has 0 bridgehead atoms. The predicted molar refractivity (Wildman–Crippen MR) is 81.0 cm³/mol. The molecule has 2 aromatic carbocycles. The molecule has 0 saturated heterocycles. The molecule has 0 N–H and O–H groups in total. The summed E-state index contributed by atoms with van der Waals surface area (Å²) in [5.74, 6) is 0.258. The monoisotopic (exact) mass is 284 g/mol. The van der Waals surface area contributed by atoms with Crippen LogP contribution in [0.25, 0.3) is 0 Å². The third kappa shape index (κ3) is 3.37. The molecule has 0 radical (unpaired) electrons. The number of aliphatic imine (C=N–C) groups is 1. The normalized spacial score (nSPS) is 12.1. The van der Waals surface area contributed by atoms with E-state index >= 15 is 0 Å². The fraction of sp³-hybridized carbons (Fsp3) is 0.125. The third-order valence-electron chi connectivity index (χ3n) is 2.82. The Labute approximate surface area is 123 Å². The second-order valence-electron chi connectivity index (χ2n) is 4.11. The first-order valence-corrected chi connectivity index (χ1v) is 6.44. The molecule has 1 unspecified atom stereocenters. The second-order valence-corrected chi connectivity index (χ2v) is 4.54. The molecule has 100 valence electrons. The fourth-order valence-corrected chi connectivity index (χ4v) is 1.88. The highest BCUT2D eigenvalue weighted by Gasteiger charge is 2.08. The molecule has 0 aliphatic rings.